The fraction of sp³-hybridized carbons (Fsp3) is 0.500. The summed E-state index contributed by atoms with van der Waals surface area (Å²) < 4.78 is 0. The van der Waals surface area contributed by atoms with Crippen molar-refractivity contribution in [3.63, 3.8) is 0 Å². The lowest BCUT2D eigenvalue weighted by Crippen LogP contribution is -2.46. The molecular weight excluding hydrogens is 238 g/mol. The zero-order chi connectivity index (χ0) is 13.5. The molecule has 0 aliphatic carbocycles. The molecule has 0 atom stereocenters. The summed E-state index contributed by atoms with van der Waals surface area (Å²) in [5.74, 6) is 0.183. The highest BCUT2D eigenvalue weighted by molar-refractivity contribution is 5.75. The molecule has 1 heterocycles. The normalized spacial score (nSPS) is 17.3. The lowest BCUT2D eigenvalue weighted by atomic mass is 10.2. The van der Waals surface area contributed by atoms with Gasteiger partial charge in [-0.2, -0.15) is 0 Å². The zero-order valence-electron chi connectivity index (χ0n) is 11.3. The van der Waals surface area contributed by atoms with Crippen LogP contribution in [0.25, 0.3) is 0 Å². The average Bonchev–Trinajstić information content (AvgIpc) is 2.42. The van der Waals surface area contributed by atoms with Crippen molar-refractivity contribution in [1.82, 2.24) is 9.80 Å². The molecule has 2 rings (SSSR count). The minimum Gasteiger partial charge on any atom is -0.370 e. The van der Waals surface area contributed by atoms with E-state index in [4.69, 9.17) is 11.5 Å². The summed E-state index contributed by atoms with van der Waals surface area (Å²) in [6.45, 7) is 7.08. The third-order valence-electron chi connectivity index (χ3n) is 3.42. The van der Waals surface area contributed by atoms with Gasteiger partial charge >= 0.3 is 0 Å². The molecule has 104 valence electrons. The third-order valence-corrected chi connectivity index (χ3v) is 3.42. The maximum Gasteiger partial charge on any atom is 0.185 e. The number of nitrogens with two attached hydrogens (primary N) is 2. The first-order valence-electron chi connectivity index (χ1n) is 6.78. The van der Waals surface area contributed by atoms with Gasteiger partial charge in [0.2, 0.25) is 0 Å². The summed E-state index contributed by atoms with van der Waals surface area (Å²) in [7, 11) is 0. The Morgan fingerprint density at radius 1 is 1.00 bits per heavy atom. The molecular formula is C14H23N5. The Hall–Kier alpha value is -1.59. The molecule has 0 saturated carbocycles. The monoisotopic (exact) mass is 261 g/mol. The van der Waals surface area contributed by atoms with Gasteiger partial charge < -0.3 is 11.5 Å². The first-order valence-corrected chi connectivity index (χ1v) is 6.78. The second kappa shape index (κ2) is 7.11. The van der Waals surface area contributed by atoms with Crippen LogP contribution >= 0.6 is 0 Å². The van der Waals surface area contributed by atoms with Crippen LogP contribution < -0.4 is 11.5 Å². The van der Waals surface area contributed by atoms with Gasteiger partial charge in [0.25, 0.3) is 0 Å². The number of guanidine groups is 1. The van der Waals surface area contributed by atoms with Crippen molar-refractivity contribution in [2.75, 3.05) is 39.3 Å². The average molecular weight is 261 g/mol. The molecule has 0 unspecified atom stereocenters. The van der Waals surface area contributed by atoms with Gasteiger partial charge in [-0.05, 0) is 5.56 Å². The fourth-order valence-electron chi connectivity index (χ4n) is 2.33. The van der Waals surface area contributed by atoms with E-state index < -0.39 is 0 Å². The molecule has 0 spiro atoms. The molecule has 5 nitrogen and oxygen atoms in total. The van der Waals surface area contributed by atoms with Crippen LogP contribution in [0.4, 0.5) is 0 Å². The Morgan fingerprint density at radius 3 is 2.26 bits per heavy atom. The van der Waals surface area contributed by atoms with Crippen LogP contribution in [-0.4, -0.2) is 55.0 Å². The number of hydrogen-bond acceptors (Lipinski definition) is 3. The van der Waals surface area contributed by atoms with Crippen LogP contribution in [0.5, 0.6) is 0 Å². The number of hydrogen-bond donors (Lipinski definition) is 2. The Kier molecular flexibility index (Phi) is 5.18. The van der Waals surface area contributed by atoms with Crippen molar-refractivity contribution in [3.8, 4) is 0 Å². The zero-order valence-corrected chi connectivity index (χ0v) is 11.3. The standard InChI is InChI=1S/C14H23N5/c15-14(16)17-6-7-18-8-10-19(11-9-18)12-13-4-2-1-3-5-13/h1-5H,6-12H2,(H4,15,16,17). The van der Waals surface area contributed by atoms with Crippen LogP contribution in [0.3, 0.4) is 0 Å². The highest BCUT2D eigenvalue weighted by Crippen LogP contribution is 2.08. The smallest absolute Gasteiger partial charge is 0.185 e. The Labute approximate surface area is 114 Å². The van der Waals surface area contributed by atoms with Gasteiger partial charge in [-0.1, -0.05) is 30.3 Å². The van der Waals surface area contributed by atoms with E-state index in [0.717, 1.165) is 39.3 Å². The third kappa shape index (κ3) is 4.89. The number of aliphatic imine (C=N–C) groups is 1. The lowest BCUT2D eigenvalue weighted by Gasteiger charge is -2.34. The van der Waals surface area contributed by atoms with Gasteiger partial charge in [0, 0.05) is 39.3 Å². The molecule has 0 bridgehead atoms. The van der Waals surface area contributed by atoms with Crippen LogP contribution in [0.15, 0.2) is 35.3 Å². The molecule has 19 heavy (non-hydrogen) atoms. The van der Waals surface area contributed by atoms with Crippen molar-refractivity contribution in [1.29, 1.82) is 0 Å². The molecule has 1 saturated heterocycles. The van der Waals surface area contributed by atoms with Crippen LogP contribution in [0, 0.1) is 0 Å². The predicted molar refractivity (Wildman–Crippen MR) is 78.8 cm³/mol. The van der Waals surface area contributed by atoms with Gasteiger partial charge in [0.15, 0.2) is 5.96 Å². The van der Waals surface area contributed by atoms with Crippen molar-refractivity contribution >= 4 is 5.96 Å². The van der Waals surface area contributed by atoms with E-state index in [2.05, 4.69) is 45.1 Å². The lowest BCUT2D eigenvalue weighted by molar-refractivity contribution is 0.130. The van der Waals surface area contributed by atoms with E-state index in [1.807, 2.05) is 0 Å². The van der Waals surface area contributed by atoms with Crippen molar-refractivity contribution in [2.24, 2.45) is 16.5 Å². The van der Waals surface area contributed by atoms with Crippen LogP contribution in [0.2, 0.25) is 0 Å². The summed E-state index contributed by atoms with van der Waals surface area (Å²) >= 11 is 0. The van der Waals surface area contributed by atoms with E-state index in [1.54, 1.807) is 0 Å². The predicted octanol–water partition coefficient (Wildman–Crippen LogP) is 0.0776. The molecule has 1 aliphatic heterocycles. The van der Waals surface area contributed by atoms with Crippen molar-refractivity contribution in [3.05, 3.63) is 35.9 Å². The molecule has 1 aromatic carbocycles. The van der Waals surface area contributed by atoms with E-state index in [9.17, 15) is 0 Å². The minimum absolute atomic E-state index is 0.183. The Bertz CT molecular complexity index is 392. The largest absolute Gasteiger partial charge is 0.370 e. The minimum atomic E-state index is 0.183. The SMILES string of the molecule is NC(N)=NCCN1CCN(Cc2ccccc2)CC1. The van der Waals surface area contributed by atoms with Gasteiger partial charge in [-0.3, -0.25) is 14.8 Å². The fourth-order valence-corrected chi connectivity index (χ4v) is 2.33. The quantitative estimate of drug-likeness (QED) is 0.581. The van der Waals surface area contributed by atoms with Gasteiger partial charge in [-0.15, -0.1) is 0 Å². The van der Waals surface area contributed by atoms with Gasteiger partial charge in [-0.25, -0.2) is 0 Å². The molecule has 1 aromatic rings. The molecule has 0 amide bonds. The molecule has 0 radical (unpaired) electrons. The molecule has 0 aromatic heterocycles. The molecule has 5 heteroatoms. The second-order valence-corrected chi connectivity index (χ2v) is 4.91. The summed E-state index contributed by atoms with van der Waals surface area (Å²) in [4.78, 5) is 8.93. The van der Waals surface area contributed by atoms with Crippen LogP contribution in [0.1, 0.15) is 5.56 Å². The highest BCUT2D eigenvalue weighted by Gasteiger charge is 2.16. The van der Waals surface area contributed by atoms with E-state index in [0.29, 0.717) is 6.54 Å². The number of benzene rings is 1. The van der Waals surface area contributed by atoms with Crippen molar-refractivity contribution in [2.45, 2.75) is 6.54 Å². The number of nitrogens with zero attached hydrogens (tertiary/aromatic N) is 3. The molecule has 1 aliphatic rings. The summed E-state index contributed by atoms with van der Waals surface area (Å²) in [5, 5.41) is 0. The Morgan fingerprint density at radius 2 is 1.63 bits per heavy atom. The molecule has 1 fully saturated rings. The van der Waals surface area contributed by atoms with Gasteiger partial charge in [0.1, 0.15) is 0 Å². The topological polar surface area (TPSA) is 70.9 Å². The summed E-state index contributed by atoms with van der Waals surface area (Å²) in [6.07, 6.45) is 0. The summed E-state index contributed by atoms with van der Waals surface area (Å²) in [6, 6.07) is 10.6. The number of rotatable bonds is 5. The Balaban J connectivity index is 1.69. The second-order valence-electron chi connectivity index (χ2n) is 4.91. The van der Waals surface area contributed by atoms with Crippen molar-refractivity contribution < 1.29 is 0 Å². The van der Waals surface area contributed by atoms with E-state index in [1.165, 1.54) is 5.56 Å². The molecule has 4 N–H and O–H groups in total. The maximum atomic E-state index is 5.32. The first-order chi connectivity index (χ1) is 9.24. The van der Waals surface area contributed by atoms with E-state index in [-0.39, 0.29) is 5.96 Å². The van der Waals surface area contributed by atoms with Gasteiger partial charge in [0.05, 0.1) is 6.54 Å². The maximum absolute atomic E-state index is 5.32. The number of piperazine rings is 1. The highest BCUT2D eigenvalue weighted by atomic mass is 15.3. The van der Waals surface area contributed by atoms with Crippen LogP contribution in [-0.2, 0) is 6.54 Å². The van der Waals surface area contributed by atoms with E-state index >= 15 is 0 Å². The summed E-state index contributed by atoms with van der Waals surface area (Å²) in [5.41, 5.74) is 12.0. The first kappa shape index (κ1) is 13.8.